The van der Waals surface area contributed by atoms with Crippen LogP contribution in [0.2, 0.25) is 0 Å². The summed E-state index contributed by atoms with van der Waals surface area (Å²) >= 11 is 1.58. The first kappa shape index (κ1) is 22.8. The number of hydrogen-bond acceptors (Lipinski definition) is 5. The zero-order valence-corrected chi connectivity index (χ0v) is 19.3. The topological polar surface area (TPSA) is 52.7 Å². The maximum absolute atomic E-state index is 14.2. The molecule has 0 saturated carbocycles. The fourth-order valence-corrected chi connectivity index (χ4v) is 6.36. The van der Waals surface area contributed by atoms with E-state index in [9.17, 15) is 17.2 Å². The number of benzene rings is 2. The lowest BCUT2D eigenvalue weighted by Gasteiger charge is -2.42. The lowest BCUT2D eigenvalue weighted by Crippen LogP contribution is -2.52. The van der Waals surface area contributed by atoms with Crippen LogP contribution in [-0.4, -0.2) is 45.5 Å². The monoisotopic (exact) mass is 477 g/mol. The summed E-state index contributed by atoms with van der Waals surface area (Å²) in [7, 11) is -3.81. The number of para-hydroxylation sites is 1. The van der Waals surface area contributed by atoms with Crippen LogP contribution < -0.4 is 9.62 Å². The second kappa shape index (κ2) is 9.66. The van der Waals surface area contributed by atoms with Crippen LogP contribution in [0, 0.1) is 11.6 Å². The van der Waals surface area contributed by atoms with Crippen LogP contribution in [0.25, 0.3) is 0 Å². The summed E-state index contributed by atoms with van der Waals surface area (Å²) in [6.45, 7) is 4.45. The van der Waals surface area contributed by atoms with Crippen LogP contribution >= 0.6 is 11.3 Å². The predicted octanol–water partition coefficient (Wildman–Crippen LogP) is 4.26. The Bertz CT molecular complexity index is 1130. The first-order valence-corrected chi connectivity index (χ1v) is 12.8. The molecule has 1 aromatic heterocycles. The van der Waals surface area contributed by atoms with Crippen molar-refractivity contribution in [3.05, 3.63) is 82.6 Å². The highest BCUT2D eigenvalue weighted by Gasteiger charge is 2.33. The van der Waals surface area contributed by atoms with Crippen LogP contribution in [-0.2, 0) is 10.0 Å². The summed E-state index contributed by atoms with van der Waals surface area (Å²) in [5, 5.41) is 1.97. The van der Waals surface area contributed by atoms with Crippen molar-refractivity contribution in [3.8, 4) is 0 Å². The van der Waals surface area contributed by atoms with Crippen molar-refractivity contribution in [2.24, 2.45) is 0 Å². The highest BCUT2D eigenvalue weighted by molar-refractivity contribution is 7.89. The van der Waals surface area contributed by atoms with E-state index >= 15 is 0 Å². The van der Waals surface area contributed by atoms with Gasteiger partial charge in [0.15, 0.2) is 0 Å². The molecule has 0 amide bonds. The summed E-state index contributed by atoms with van der Waals surface area (Å²) in [5.74, 6) is -0.725. The second-order valence-electron chi connectivity index (χ2n) is 7.80. The molecule has 2 aromatic carbocycles. The molecule has 170 valence electrons. The van der Waals surface area contributed by atoms with E-state index in [4.69, 9.17) is 0 Å². The fourth-order valence-electron chi connectivity index (χ4n) is 4.14. The molecule has 1 N–H and O–H groups in total. The Labute approximate surface area is 191 Å². The molecule has 0 unspecified atom stereocenters. The molecule has 3 aromatic rings. The molecule has 2 atom stereocenters. The number of sulfonamides is 1. The fraction of sp³-hybridized carbons (Fsp3) is 0.304. The van der Waals surface area contributed by atoms with Crippen molar-refractivity contribution < 1.29 is 17.2 Å². The van der Waals surface area contributed by atoms with Gasteiger partial charge in [-0.2, -0.15) is 0 Å². The van der Waals surface area contributed by atoms with Gasteiger partial charge in [-0.15, -0.1) is 11.3 Å². The standard InChI is InChI=1S/C23H25F2N3O2S2/c1-17(26-32(29,30)19-10-8-18(24)9-11-19)23(22-7-4-16-31-22)28-14-12-27(13-15-28)21-6-3-2-5-20(21)25/h2-11,16-17,23,26H,12-15H2,1H3/t17-,23+/m0/s1. The maximum atomic E-state index is 14.2. The van der Waals surface area contributed by atoms with E-state index < -0.39 is 21.9 Å². The number of piperazine rings is 1. The third kappa shape index (κ3) is 5.01. The van der Waals surface area contributed by atoms with Gasteiger partial charge in [0, 0.05) is 37.1 Å². The van der Waals surface area contributed by atoms with Crippen molar-refractivity contribution >= 4 is 27.0 Å². The molecule has 1 fully saturated rings. The van der Waals surface area contributed by atoms with Crippen molar-refractivity contribution in [3.63, 3.8) is 0 Å². The van der Waals surface area contributed by atoms with Crippen LogP contribution in [0.15, 0.2) is 70.9 Å². The molecular formula is C23H25F2N3O2S2. The van der Waals surface area contributed by atoms with Gasteiger partial charge < -0.3 is 4.90 Å². The van der Waals surface area contributed by atoms with E-state index in [1.807, 2.05) is 35.4 Å². The van der Waals surface area contributed by atoms with Gasteiger partial charge in [0.2, 0.25) is 10.0 Å². The number of halogens is 2. The third-order valence-electron chi connectivity index (χ3n) is 5.67. The van der Waals surface area contributed by atoms with E-state index in [2.05, 4.69) is 9.62 Å². The Balaban J connectivity index is 1.51. The summed E-state index contributed by atoms with van der Waals surface area (Å²) in [6.07, 6.45) is 0. The highest BCUT2D eigenvalue weighted by Crippen LogP contribution is 2.31. The predicted molar refractivity (Wildman–Crippen MR) is 123 cm³/mol. The molecule has 2 heterocycles. The molecule has 1 saturated heterocycles. The van der Waals surface area contributed by atoms with Crippen molar-refractivity contribution in [2.75, 3.05) is 31.1 Å². The Morgan fingerprint density at radius 1 is 0.938 bits per heavy atom. The van der Waals surface area contributed by atoms with Gasteiger partial charge in [-0.25, -0.2) is 21.9 Å². The average molecular weight is 478 g/mol. The van der Waals surface area contributed by atoms with Crippen LogP contribution in [0.3, 0.4) is 0 Å². The molecule has 0 radical (unpaired) electrons. The molecule has 0 spiro atoms. The van der Waals surface area contributed by atoms with Gasteiger partial charge in [-0.1, -0.05) is 18.2 Å². The number of nitrogens with zero attached hydrogens (tertiary/aromatic N) is 2. The van der Waals surface area contributed by atoms with Gasteiger partial charge in [-0.05, 0) is 54.8 Å². The lowest BCUT2D eigenvalue weighted by atomic mass is 10.1. The molecule has 1 aliphatic heterocycles. The molecule has 32 heavy (non-hydrogen) atoms. The zero-order valence-electron chi connectivity index (χ0n) is 17.6. The van der Waals surface area contributed by atoms with Crippen LogP contribution in [0.1, 0.15) is 17.8 Å². The van der Waals surface area contributed by atoms with E-state index in [0.29, 0.717) is 31.9 Å². The molecule has 0 bridgehead atoms. The van der Waals surface area contributed by atoms with Crippen molar-refractivity contribution in [1.29, 1.82) is 0 Å². The molecule has 0 aliphatic carbocycles. The zero-order chi connectivity index (χ0) is 22.7. The minimum atomic E-state index is -3.81. The average Bonchev–Trinajstić information content (AvgIpc) is 3.29. The molecule has 9 heteroatoms. The van der Waals surface area contributed by atoms with Crippen molar-refractivity contribution in [1.82, 2.24) is 9.62 Å². The van der Waals surface area contributed by atoms with Gasteiger partial charge in [0.1, 0.15) is 11.6 Å². The van der Waals surface area contributed by atoms with E-state index in [-0.39, 0.29) is 16.8 Å². The minimum Gasteiger partial charge on any atom is -0.367 e. The number of anilines is 1. The van der Waals surface area contributed by atoms with Gasteiger partial charge in [0.05, 0.1) is 16.6 Å². The number of hydrogen-bond donors (Lipinski definition) is 1. The third-order valence-corrected chi connectivity index (χ3v) is 8.19. The number of rotatable bonds is 7. The summed E-state index contributed by atoms with van der Waals surface area (Å²) in [5.41, 5.74) is 0.588. The molecule has 1 aliphatic rings. The normalized spacial score (nSPS) is 17.3. The number of nitrogens with one attached hydrogen (secondary N) is 1. The van der Waals surface area contributed by atoms with Gasteiger partial charge >= 0.3 is 0 Å². The largest absolute Gasteiger partial charge is 0.367 e. The van der Waals surface area contributed by atoms with Gasteiger partial charge in [-0.3, -0.25) is 4.90 Å². The highest BCUT2D eigenvalue weighted by atomic mass is 32.2. The minimum absolute atomic E-state index is 0.0278. The Morgan fingerprint density at radius 2 is 1.62 bits per heavy atom. The first-order valence-electron chi connectivity index (χ1n) is 10.4. The Hall–Kier alpha value is -2.33. The summed E-state index contributed by atoms with van der Waals surface area (Å²) in [4.78, 5) is 5.34. The molecule has 5 nitrogen and oxygen atoms in total. The van der Waals surface area contributed by atoms with E-state index in [0.717, 1.165) is 17.0 Å². The van der Waals surface area contributed by atoms with Gasteiger partial charge in [0.25, 0.3) is 0 Å². The quantitative estimate of drug-likeness (QED) is 0.553. The van der Waals surface area contributed by atoms with E-state index in [1.54, 1.807) is 23.5 Å². The molecule has 4 rings (SSSR count). The summed E-state index contributed by atoms with van der Waals surface area (Å²) < 4.78 is 56.0. The Morgan fingerprint density at radius 3 is 2.25 bits per heavy atom. The SMILES string of the molecule is C[C@H](NS(=O)(=O)c1ccc(F)cc1)[C@H](c1cccs1)N1CCN(c2ccccc2F)CC1. The lowest BCUT2D eigenvalue weighted by molar-refractivity contribution is 0.163. The number of thiophene rings is 1. The van der Waals surface area contributed by atoms with Crippen LogP contribution in [0.4, 0.5) is 14.5 Å². The maximum Gasteiger partial charge on any atom is 0.240 e. The summed E-state index contributed by atoms with van der Waals surface area (Å²) in [6, 6.07) is 14.9. The first-order chi connectivity index (χ1) is 15.3. The van der Waals surface area contributed by atoms with Crippen LogP contribution in [0.5, 0.6) is 0 Å². The second-order valence-corrected chi connectivity index (χ2v) is 10.5. The van der Waals surface area contributed by atoms with E-state index in [1.165, 1.54) is 18.2 Å². The van der Waals surface area contributed by atoms with Crippen molar-refractivity contribution in [2.45, 2.75) is 23.9 Å². The smallest absolute Gasteiger partial charge is 0.240 e. The molecular weight excluding hydrogens is 452 g/mol. The Kier molecular flexibility index (Phi) is 6.90.